The van der Waals surface area contributed by atoms with Crippen LogP contribution in [0.4, 0.5) is 10.7 Å². The van der Waals surface area contributed by atoms with E-state index in [9.17, 15) is 14.4 Å². The Labute approximate surface area is 190 Å². The van der Waals surface area contributed by atoms with Gasteiger partial charge in [0.1, 0.15) is 16.3 Å². The fourth-order valence-electron chi connectivity index (χ4n) is 3.28. The second kappa shape index (κ2) is 9.82. The second-order valence-electron chi connectivity index (χ2n) is 7.38. The molecule has 7 nitrogen and oxygen atoms in total. The number of carbonyl (C=O) groups excluding carboxylic acids is 3. The van der Waals surface area contributed by atoms with Crippen molar-refractivity contribution in [1.82, 2.24) is 0 Å². The molecule has 0 aliphatic heterocycles. The van der Waals surface area contributed by atoms with E-state index in [0.29, 0.717) is 20.8 Å². The average Bonchev–Trinajstić information content (AvgIpc) is 3.08. The van der Waals surface area contributed by atoms with E-state index >= 15 is 0 Å². The highest BCUT2D eigenvalue weighted by atomic mass is 32.1. The predicted molar refractivity (Wildman–Crippen MR) is 127 cm³/mol. The van der Waals surface area contributed by atoms with Crippen molar-refractivity contribution in [3.63, 3.8) is 0 Å². The monoisotopic (exact) mass is 454 g/mol. The highest BCUT2D eigenvalue weighted by Gasteiger charge is 2.24. The summed E-state index contributed by atoms with van der Waals surface area (Å²) < 4.78 is 11.7. The molecule has 0 saturated heterocycles. The molecule has 1 aromatic heterocycles. The first-order chi connectivity index (χ1) is 15.2. The van der Waals surface area contributed by atoms with E-state index in [-0.39, 0.29) is 30.6 Å². The lowest BCUT2D eigenvalue weighted by atomic mass is 10.1. The van der Waals surface area contributed by atoms with E-state index in [4.69, 9.17) is 9.47 Å². The molecule has 0 fully saturated rings. The first kappa shape index (κ1) is 23.3. The summed E-state index contributed by atoms with van der Waals surface area (Å²) in [6.07, 6.45) is 0. The minimum Gasteiger partial charge on any atom is -0.482 e. The van der Waals surface area contributed by atoms with Gasteiger partial charge in [-0.1, -0.05) is 24.3 Å². The molecular weight excluding hydrogens is 428 g/mol. The molecule has 0 aliphatic rings. The number of hydrogen-bond donors (Lipinski definition) is 2. The van der Waals surface area contributed by atoms with Gasteiger partial charge in [0.15, 0.2) is 6.61 Å². The van der Waals surface area contributed by atoms with Crippen molar-refractivity contribution in [2.45, 2.75) is 34.6 Å². The van der Waals surface area contributed by atoms with Gasteiger partial charge in [-0.05, 0) is 50.5 Å². The van der Waals surface area contributed by atoms with Crippen LogP contribution in [0.1, 0.15) is 40.9 Å². The zero-order valence-electron chi connectivity index (χ0n) is 18.8. The topological polar surface area (TPSA) is 93.7 Å². The van der Waals surface area contributed by atoms with Crippen molar-refractivity contribution in [2.75, 3.05) is 23.8 Å². The Kier molecular flexibility index (Phi) is 7.15. The van der Waals surface area contributed by atoms with Crippen LogP contribution in [-0.4, -0.2) is 31.0 Å². The van der Waals surface area contributed by atoms with Crippen LogP contribution in [0.3, 0.4) is 0 Å². The molecule has 0 bridgehead atoms. The molecule has 8 heteroatoms. The third-order valence-corrected chi connectivity index (χ3v) is 6.12. The van der Waals surface area contributed by atoms with Crippen molar-refractivity contribution in [3.05, 3.63) is 52.6 Å². The van der Waals surface area contributed by atoms with Gasteiger partial charge in [0.25, 0.3) is 5.91 Å². The number of thiophene rings is 1. The molecule has 3 aromatic rings. The molecule has 0 spiro atoms. The normalized spacial score (nSPS) is 10.7. The van der Waals surface area contributed by atoms with Gasteiger partial charge in [-0.3, -0.25) is 9.59 Å². The summed E-state index contributed by atoms with van der Waals surface area (Å²) in [5.74, 6) is -0.621. The van der Waals surface area contributed by atoms with Crippen LogP contribution in [0.2, 0.25) is 0 Å². The Morgan fingerprint density at radius 1 is 1.00 bits per heavy atom. The lowest BCUT2D eigenvalue weighted by Gasteiger charge is -2.13. The van der Waals surface area contributed by atoms with Gasteiger partial charge < -0.3 is 20.1 Å². The van der Waals surface area contributed by atoms with Gasteiger partial charge in [0.05, 0.1) is 11.3 Å². The lowest BCUT2D eigenvalue weighted by Crippen LogP contribution is -2.21. The fraction of sp³-hybridized carbons (Fsp3) is 0.292. The summed E-state index contributed by atoms with van der Waals surface area (Å²) in [5.41, 5.74) is 3.91. The van der Waals surface area contributed by atoms with Crippen LogP contribution in [0.15, 0.2) is 30.3 Å². The molecule has 32 heavy (non-hydrogen) atoms. The lowest BCUT2D eigenvalue weighted by molar-refractivity contribution is -0.118. The summed E-state index contributed by atoms with van der Waals surface area (Å²) in [6, 6.07) is 9.32. The van der Waals surface area contributed by atoms with Crippen LogP contribution < -0.4 is 15.4 Å². The zero-order valence-corrected chi connectivity index (χ0v) is 19.6. The number of amides is 2. The Morgan fingerprint density at radius 2 is 1.75 bits per heavy atom. The van der Waals surface area contributed by atoms with Crippen molar-refractivity contribution in [1.29, 1.82) is 0 Å². The molecule has 2 N–H and O–H groups in total. The number of benzene rings is 2. The highest BCUT2D eigenvalue weighted by molar-refractivity contribution is 7.24. The quantitative estimate of drug-likeness (QED) is 0.491. The fourth-order valence-corrected chi connectivity index (χ4v) is 4.57. The smallest absolute Gasteiger partial charge is 0.341 e. The number of ether oxygens (including phenoxy) is 2. The highest BCUT2D eigenvalue weighted by Crippen LogP contribution is 2.42. The van der Waals surface area contributed by atoms with E-state index < -0.39 is 5.97 Å². The Morgan fingerprint density at radius 3 is 2.44 bits per heavy atom. The maximum Gasteiger partial charge on any atom is 0.341 e. The van der Waals surface area contributed by atoms with E-state index in [1.54, 1.807) is 13.0 Å². The van der Waals surface area contributed by atoms with Crippen molar-refractivity contribution in [3.8, 4) is 5.75 Å². The molecule has 1 heterocycles. The molecular formula is C24H26N2O5S. The SMILES string of the molecule is CCOC(=O)c1c(NC(C)=O)sc2c(OCC(=O)Nc3cccc(C)c3C)c(C)ccc12. The molecule has 168 valence electrons. The van der Waals surface area contributed by atoms with Gasteiger partial charge >= 0.3 is 5.97 Å². The number of nitrogens with one attached hydrogen (secondary N) is 2. The maximum absolute atomic E-state index is 12.6. The average molecular weight is 455 g/mol. The van der Waals surface area contributed by atoms with Gasteiger partial charge in [-0.15, -0.1) is 11.3 Å². The standard InChI is InChI=1S/C24H26N2O5S/c1-6-30-24(29)20-17-11-10-14(3)21(22(17)32-23(20)25-16(5)27)31-12-19(28)26-18-9-7-8-13(2)15(18)4/h7-11H,6,12H2,1-5H3,(H,25,27)(H,26,28). The van der Waals surface area contributed by atoms with Gasteiger partial charge in [0.2, 0.25) is 5.91 Å². The van der Waals surface area contributed by atoms with Crippen molar-refractivity contribution < 1.29 is 23.9 Å². The third-order valence-electron chi connectivity index (χ3n) is 5.00. The molecule has 0 unspecified atom stereocenters. The summed E-state index contributed by atoms with van der Waals surface area (Å²) in [4.78, 5) is 36.8. The maximum atomic E-state index is 12.6. The Hall–Kier alpha value is -3.39. The van der Waals surface area contributed by atoms with Gasteiger partial charge in [0, 0.05) is 18.0 Å². The summed E-state index contributed by atoms with van der Waals surface area (Å²) in [6.45, 7) is 8.90. The Balaban J connectivity index is 1.91. The van der Waals surface area contributed by atoms with Gasteiger partial charge in [-0.2, -0.15) is 0 Å². The number of rotatable bonds is 7. The molecule has 0 radical (unpaired) electrons. The van der Waals surface area contributed by atoms with Crippen LogP contribution in [0.5, 0.6) is 5.75 Å². The van der Waals surface area contributed by atoms with Crippen molar-refractivity contribution >= 4 is 49.9 Å². The van der Waals surface area contributed by atoms with Crippen LogP contribution in [0, 0.1) is 20.8 Å². The molecule has 2 amide bonds. The zero-order chi connectivity index (χ0) is 23.4. The van der Waals surface area contributed by atoms with E-state index in [0.717, 1.165) is 22.4 Å². The minimum atomic E-state index is -0.523. The first-order valence-corrected chi connectivity index (χ1v) is 11.0. The van der Waals surface area contributed by atoms with E-state index in [2.05, 4.69) is 10.6 Å². The van der Waals surface area contributed by atoms with Crippen molar-refractivity contribution in [2.24, 2.45) is 0 Å². The molecule has 0 atom stereocenters. The summed E-state index contributed by atoms with van der Waals surface area (Å²) >= 11 is 1.22. The van der Waals surface area contributed by atoms with Crippen LogP contribution >= 0.6 is 11.3 Å². The molecule has 0 aliphatic carbocycles. The second-order valence-corrected chi connectivity index (χ2v) is 8.40. The largest absolute Gasteiger partial charge is 0.482 e. The number of carbonyl (C=O) groups is 3. The number of aryl methyl sites for hydroxylation is 2. The van der Waals surface area contributed by atoms with Crippen LogP contribution in [0.25, 0.3) is 10.1 Å². The minimum absolute atomic E-state index is 0.199. The van der Waals surface area contributed by atoms with E-state index in [1.807, 2.05) is 45.0 Å². The summed E-state index contributed by atoms with van der Waals surface area (Å²) in [7, 11) is 0. The predicted octanol–water partition coefficient (Wildman–Crippen LogP) is 4.98. The van der Waals surface area contributed by atoms with E-state index in [1.165, 1.54) is 18.3 Å². The number of fused-ring (bicyclic) bond motifs is 1. The first-order valence-electron chi connectivity index (χ1n) is 10.2. The molecule has 0 saturated carbocycles. The number of hydrogen-bond acceptors (Lipinski definition) is 6. The Bertz CT molecular complexity index is 1200. The van der Waals surface area contributed by atoms with Crippen LogP contribution in [-0.2, 0) is 14.3 Å². The molecule has 2 aromatic carbocycles. The number of esters is 1. The number of anilines is 2. The third kappa shape index (κ3) is 4.91. The summed E-state index contributed by atoms with van der Waals surface area (Å²) in [5, 5.41) is 6.57. The van der Waals surface area contributed by atoms with Gasteiger partial charge in [-0.25, -0.2) is 4.79 Å². The molecule has 3 rings (SSSR count).